The average molecular weight is 341 g/mol. The lowest BCUT2D eigenvalue weighted by Gasteiger charge is -2.10. The largest absolute Gasteiger partial charge is 0.497 e. The van der Waals surface area contributed by atoms with Crippen molar-refractivity contribution in [3.8, 4) is 5.75 Å². The number of anilines is 2. The molecular weight excluding hydrogens is 318 g/mol. The smallest absolute Gasteiger partial charge is 0.239 e. The number of methoxy groups -OCH3 is 1. The summed E-state index contributed by atoms with van der Waals surface area (Å²) in [7, 11) is 1.63. The van der Waals surface area contributed by atoms with Crippen molar-refractivity contribution in [1.82, 2.24) is 5.32 Å². The van der Waals surface area contributed by atoms with Crippen LogP contribution in [-0.2, 0) is 16.0 Å². The summed E-state index contributed by atoms with van der Waals surface area (Å²) >= 11 is 0. The van der Waals surface area contributed by atoms with Gasteiger partial charge in [-0.15, -0.1) is 0 Å². The highest BCUT2D eigenvalue weighted by atomic mass is 16.5. The maximum Gasteiger partial charge on any atom is 0.239 e. The van der Waals surface area contributed by atoms with Crippen LogP contribution in [0.15, 0.2) is 48.5 Å². The van der Waals surface area contributed by atoms with Crippen LogP contribution in [0, 0.1) is 0 Å². The Morgan fingerprint density at radius 1 is 1.04 bits per heavy atom. The summed E-state index contributed by atoms with van der Waals surface area (Å²) in [6, 6.07) is 15.0. The molecule has 0 aliphatic heterocycles. The van der Waals surface area contributed by atoms with Crippen LogP contribution in [0.1, 0.15) is 12.5 Å². The lowest BCUT2D eigenvalue weighted by molar-refractivity contribution is -0.119. The van der Waals surface area contributed by atoms with E-state index in [-0.39, 0.29) is 18.4 Å². The zero-order chi connectivity index (χ0) is 18.1. The molecule has 0 atom stereocenters. The third kappa shape index (κ3) is 6.55. The van der Waals surface area contributed by atoms with Crippen LogP contribution in [0.2, 0.25) is 0 Å². The third-order valence-corrected chi connectivity index (χ3v) is 3.53. The molecule has 0 aliphatic carbocycles. The molecule has 0 spiro atoms. The van der Waals surface area contributed by atoms with E-state index < -0.39 is 0 Å². The van der Waals surface area contributed by atoms with Gasteiger partial charge in [-0.3, -0.25) is 9.59 Å². The Morgan fingerprint density at radius 3 is 2.44 bits per heavy atom. The van der Waals surface area contributed by atoms with Gasteiger partial charge in [-0.1, -0.05) is 18.2 Å². The minimum atomic E-state index is -0.131. The second-order valence-corrected chi connectivity index (χ2v) is 5.56. The van der Waals surface area contributed by atoms with Gasteiger partial charge in [0.15, 0.2) is 0 Å². The summed E-state index contributed by atoms with van der Waals surface area (Å²) in [5, 5.41) is 8.62. The molecule has 0 radical (unpaired) electrons. The van der Waals surface area contributed by atoms with Gasteiger partial charge >= 0.3 is 0 Å². The van der Waals surface area contributed by atoms with Gasteiger partial charge in [0, 0.05) is 24.8 Å². The molecule has 0 bridgehead atoms. The fourth-order valence-corrected chi connectivity index (χ4v) is 2.29. The number of nitrogens with one attached hydrogen (secondary N) is 3. The van der Waals surface area contributed by atoms with Crippen LogP contribution >= 0.6 is 0 Å². The zero-order valence-electron chi connectivity index (χ0n) is 14.5. The van der Waals surface area contributed by atoms with Gasteiger partial charge in [0.2, 0.25) is 11.8 Å². The van der Waals surface area contributed by atoms with Crippen molar-refractivity contribution < 1.29 is 14.3 Å². The molecule has 0 heterocycles. The van der Waals surface area contributed by atoms with E-state index in [0.717, 1.165) is 23.4 Å². The molecule has 0 unspecified atom stereocenters. The number of rotatable bonds is 8. The third-order valence-electron chi connectivity index (χ3n) is 3.53. The van der Waals surface area contributed by atoms with Crippen molar-refractivity contribution in [3.63, 3.8) is 0 Å². The lowest BCUT2D eigenvalue weighted by atomic mass is 10.1. The standard InChI is InChI=1S/C19H23N3O3/c1-14(23)22-17-5-3-4-16(12-17)21-13-19(24)20-11-10-15-6-8-18(25-2)9-7-15/h3-9,12,21H,10-11,13H2,1-2H3,(H,20,24)(H,22,23). The topological polar surface area (TPSA) is 79.5 Å². The van der Waals surface area contributed by atoms with E-state index in [4.69, 9.17) is 4.74 Å². The Kier molecular flexibility index (Phi) is 6.83. The first kappa shape index (κ1) is 18.3. The molecule has 132 valence electrons. The molecule has 6 heteroatoms. The number of carbonyl (C=O) groups excluding carboxylic acids is 2. The molecule has 6 nitrogen and oxygen atoms in total. The lowest BCUT2D eigenvalue weighted by Crippen LogP contribution is -2.31. The van der Waals surface area contributed by atoms with E-state index in [9.17, 15) is 9.59 Å². The van der Waals surface area contributed by atoms with Crippen LogP contribution in [-0.4, -0.2) is 32.0 Å². The monoisotopic (exact) mass is 341 g/mol. The van der Waals surface area contributed by atoms with Crippen LogP contribution in [0.25, 0.3) is 0 Å². The molecule has 0 saturated carbocycles. The minimum absolute atomic E-state index is 0.0848. The van der Waals surface area contributed by atoms with E-state index in [0.29, 0.717) is 12.2 Å². The highest BCUT2D eigenvalue weighted by molar-refractivity contribution is 5.89. The predicted octanol–water partition coefficient (Wildman–Crippen LogP) is 2.42. The Balaban J connectivity index is 1.72. The highest BCUT2D eigenvalue weighted by Gasteiger charge is 2.03. The Labute approximate surface area is 147 Å². The summed E-state index contributed by atoms with van der Waals surface area (Å²) in [4.78, 5) is 23.0. The first-order chi connectivity index (χ1) is 12.1. The SMILES string of the molecule is COc1ccc(CCNC(=O)CNc2cccc(NC(C)=O)c2)cc1. The quantitative estimate of drug-likeness (QED) is 0.689. The van der Waals surface area contributed by atoms with Gasteiger partial charge in [-0.25, -0.2) is 0 Å². The van der Waals surface area contributed by atoms with E-state index >= 15 is 0 Å². The molecule has 0 aliphatic rings. The van der Waals surface area contributed by atoms with Crippen molar-refractivity contribution >= 4 is 23.2 Å². The average Bonchev–Trinajstić information content (AvgIpc) is 2.60. The van der Waals surface area contributed by atoms with Crippen LogP contribution in [0.4, 0.5) is 11.4 Å². The molecule has 0 fully saturated rings. The molecule has 0 saturated heterocycles. The maximum atomic E-state index is 11.9. The Hall–Kier alpha value is -3.02. The number of hydrogen-bond donors (Lipinski definition) is 3. The summed E-state index contributed by atoms with van der Waals surface area (Å²) < 4.78 is 5.11. The van der Waals surface area contributed by atoms with E-state index in [2.05, 4.69) is 16.0 Å². The van der Waals surface area contributed by atoms with Gasteiger partial charge in [0.05, 0.1) is 13.7 Å². The number of amides is 2. The summed E-state index contributed by atoms with van der Waals surface area (Å²) in [5.41, 5.74) is 2.60. The number of hydrogen-bond acceptors (Lipinski definition) is 4. The van der Waals surface area contributed by atoms with Crippen LogP contribution < -0.4 is 20.7 Å². The van der Waals surface area contributed by atoms with Gasteiger partial charge in [0.1, 0.15) is 5.75 Å². The first-order valence-electron chi connectivity index (χ1n) is 8.08. The van der Waals surface area contributed by atoms with Gasteiger partial charge < -0.3 is 20.7 Å². The molecular formula is C19H23N3O3. The number of carbonyl (C=O) groups is 2. The molecule has 25 heavy (non-hydrogen) atoms. The molecule has 2 rings (SSSR count). The normalized spacial score (nSPS) is 10.0. The van der Waals surface area contributed by atoms with Gasteiger partial charge in [-0.05, 0) is 42.3 Å². The molecule has 3 N–H and O–H groups in total. The fourth-order valence-electron chi connectivity index (χ4n) is 2.29. The fraction of sp³-hybridized carbons (Fsp3) is 0.263. The summed E-state index contributed by atoms with van der Waals surface area (Å²) in [6.45, 7) is 2.20. The number of ether oxygens (including phenoxy) is 1. The van der Waals surface area contributed by atoms with Crippen molar-refractivity contribution in [2.45, 2.75) is 13.3 Å². The molecule has 2 aromatic rings. The van der Waals surface area contributed by atoms with Gasteiger partial charge in [-0.2, -0.15) is 0 Å². The van der Waals surface area contributed by atoms with Crippen LogP contribution in [0.5, 0.6) is 5.75 Å². The second-order valence-electron chi connectivity index (χ2n) is 5.56. The van der Waals surface area contributed by atoms with E-state index in [1.807, 2.05) is 36.4 Å². The van der Waals surface area contributed by atoms with Crippen molar-refractivity contribution in [2.24, 2.45) is 0 Å². The Bertz CT molecular complexity index is 714. The zero-order valence-corrected chi connectivity index (χ0v) is 14.5. The van der Waals surface area contributed by atoms with Crippen LogP contribution in [0.3, 0.4) is 0 Å². The van der Waals surface area contributed by atoms with E-state index in [1.165, 1.54) is 6.92 Å². The molecule has 0 aromatic heterocycles. The Morgan fingerprint density at radius 2 is 1.76 bits per heavy atom. The molecule has 2 amide bonds. The predicted molar refractivity (Wildman–Crippen MR) is 98.9 cm³/mol. The molecule has 2 aromatic carbocycles. The summed E-state index contributed by atoms with van der Waals surface area (Å²) in [5.74, 6) is 0.602. The van der Waals surface area contributed by atoms with Crippen molar-refractivity contribution in [1.29, 1.82) is 0 Å². The van der Waals surface area contributed by atoms with Crippen molar-refractivity contribution in [3.05, 3.63) is 54.1 Å². The highest BCUT2D eigenvalue weighted by Crippen LogP contribution is 2.14. The maximum absolute atomic E-state index is 11.9. The summed E-state index contributed by atoms with van der Waals surface area (Å²) in [6.07, 6.45) is 0.758. The first-order valence-corrected chi connectivity index (χ1v) is 8.08. The van der Waals surface area contributed by atoms with E-state index in [1.54, 1.807) is 19.2 Å². The second kappa shape index (κ2) is 9.32. The number of benzene rings is 2. The van der Waals surface area contributed by atoms with Crippen molar-refractivity contribution in [2.75, 3.05) is 30.8 Å². The minimum Gasteiger partial charge on any atom is -0.497 e. The van der Waals surface area contributed by atoms with Gasteiger partial charge in [0.25, 0.3) is 0 Å².